The average molecular weight is 371 g/mol. The highest BCUT2D eigenvalue weighted by Gasteiger charge is 2.27. The first-order valence-corrected chi connectivity index (χ1v) is 8.75. The molecule has 1 atom stereocenters. The summed E-state index contributed by atoms with van der Waals surface area (Å²) in [5.41, 5.74) is 0.986. The standard InChI is InChI=1S/C17H13N3O5S/c21-20(22)12-7-5-11(6-8-12)10-26-17-19-18-16(25-17)15-9-23-13-3-1-2-4-14(13)24-15/h1-8,15H,9-10H2. The van der Waals surface area contributed by atoms with E-state index in [2.05, 4.69) is 10.2 Å². The second-order valence-electron chi connectivity index (χ2n) is 5.48. The third-order valence-electron chi connectivity index (χ3n) is 3.72. The Hall–Kier alpha value is -3.07. The van der Waals surface area contributed by atoms with Gasteiger partial charge >= 0.3 is 0 Å². The molecule has 1 unspecified atom stereocenters. The van der Waals surface area contributed by atoms with Crippen molar-refractivity contribution in [1.29, 1.82) is 0 Å². The highest BCUT2D eigenvalue weighted by Crippen LogP contribution is 2.36. The first kappa shape index (κ1) is 16.4. The van der Waals surface area contributed by atoms with Gasteiger partial charge in [0.15, 0.2) is 11.5 Å². The number of nitrogens with zero attached hydrogens (tertiary/aromatic N) is 3. The molecule has 0 saturated heterocycles. The Bertz CT molecular complexity index is 928. The average Bonchev–Trinajstić information content (AvgIpc) is 3.15. The van der Waals surface area contributed by atoms with Crippen LogP contribution in [0.15, 0.2) is 58.2 Å². The van der Waals surface area contributed by atoms with E-state index in [1.165, 1.54) is 23.9 Å². The molecule has 1 aromatic heterocycles. The Kier molecular flexibility index (Phi) is 4.44. The van der Waals surface area contributed by atoms with Gasteiger partial charge in [-0.05, 0) is 17.7 Å². The summed E-state index contributed by atoms with van der Waals surface area (Å²) < 4.78 is 17.1. The SMILES string of the molecule is O=[N+]([O-])c1ccc(CSc2nnc(C3COc4ccccc4O3)o2)cc1. The van der Waals surface area contributed by atoms with Crippen LogP contribution in [0.3, 0.4) is 0 Å². The molecule has 26 heavy (non-hydrogen) atoms. The molecule has 0 spiro atoms. The van der Waals surface area contributed by atoms with Crippen LogP contribution in [-0.2, 0) is 5.75 Å². The van der Waals surface area contributed by atoms with Gasteiger partial charge < -0.3 is 13.9 Å². The molecule has 0 aliphatic carbocycles. The molecular formula is C17H13N3O5S. The van der Waals surface area contributed by atoms with Crippen LogP contribution < -0.4 is 9.47 Å². The molecule has 2 heterocycles. The van der Waals surface area contributed by atoms with Crippen molar-refractivity contribution >= 4 is 17.4 Å². The van der Waals surface area contributed by atoms with Gasteiger partial charge in [0.25, 0.3) is 16.8 Å². The molecule has 0 radical (unpaired) electrons. The van der Waals surface area contributed by atoms with Crippen LogP contribution in [0.4, 0.5) is 5.69 Å². The molecule has 2 aromatic carbocycles. The summed E-state index contributed by atoms with van der Waals surface area (Å²) in [6.07, 6.45) is -0.453. The molecule has 0 saturated carbocycles. The number of thioether (sulfide) groups is 1. The minimum absolute atomic E-state index is 0.0635. The van der Waals surface area contributed by atoms with Crippen LogP contribution in [0.5, 0.6) is 11.5 Å². The number of nitro groups is 1. The molecule has 9 heteroatoms. The number of rotatable bonds is 5. The van der Waals surface area contributed by atoms with Crippen LogP contribution in [0.1, 0.15) is 17.6 Å². The zero-order valence-corrected chi connectivity index (χ0v) is 14.2. The van der Waals surface area contributed by atoms with E-state index >= 15 is 0 Å². The number of hydrogen-bond acceptors (Lipinski definition) is 8. The summed E-state index contributed by atoms with van der Waals surface area (Å²) in [6, 6.07) is 13.8. The number of para-hydroxylation sites is 2. The summed E-state index contributed by atoms with van der Waals surface area (Å²) in [4.78, 5) is 10.2. The van der Waals surface area contributed by atoms with Crippen molar-refractivity contribution in [3.8, 4) is 11.5 Å². The van der Waals surface area contributed by atoms with Crippen LogP contribution in [0.2, 0.25) is 0 Å². The van der Waals surface area contributed by atoms with Gasteiger partial charge in [0.1, 0.15) is 6.61 Å². The Labute approximate surface area is 152 Å². The first-order valence-electron chi connectivity index (χ1n) is 7.77. The second kappa shape index (κ2) is 7.04. The van der Waals surface area contributed by atoms with Crippen molar-refractivity contribution in [3.63, 3.8) is 0 Å². The minimum Gasteiger partial charge on any atom is -0.485 e. The third-order valence-corrected chi connectivity index (χ3v) is 4.61. The molecule has 0 amide bonds. The van der Waals surface area contributed by atoms with Crippen molar-refractivity contribution in [2.24, 2.45) is 0 Å². The van der Waals surface area contributed by atoms with E-state index in [0.29, 0.717) is 35.0 Å². The predicted octanol–water partition coefficient (Wildman–Crippen LogP) is 3.78. The smallest absolute Gasteiger partial charge is 0.277 e. The van der Waals surface area contributed by atoms with Gasteiger partial charge in [0.2, 0.25) is 6.10 Å². The van der Waals surface area contributed by atoms with Crippen LogP contribution in [0.25, 0.3) is 0 Å². The number of benzene rings is 2. The molecule has 4 rings (SSSR count). The number of hydrogen-bond donors (Lipinski definition) is 0. The van der Waals surface area contributed by atoms with Gasteiger partial charge in [-0.2, -0.15) is 0 Å². The van der Waals surface area contributed by atoms with Crippen LogP contribution in [-0.4, -0.2) is 21.7 Å². The molecular weight excluding hydrogens is 358 g/mol. The maximum atomic E-state index is 10.7. The zero-order valence-electron chi connectivity index (χ0n) is 13.4. The molecule has 1 aliphatic heterocycles. The summed E-state index contributed by atoms with van der Waals surface area (Å²) in [5.74, 6) is 2.24. The third kappa shape index (κ3) is 3.47. The number of non-ortho nitro benzene ring substituents is 1. The number of fused-ring (bicyclic) bond motifs is 1. The fraction of sp³-hybridized carbons (Fsp3) is 0.176. The number of nitro benzene ring substituents is 1. The molecule has 1 aliphatic rings. The Morgan fingerprint density at radius 3 is 2.65 bits per heavy atom. The van der Waals surface area contributed by atoms with Gasteiger partial charge in [-0.3, -0.25) is 10.1 Å². The maximum absolute atomic E-state index is 10.7. The normalized spacial score (nSPS) is 15.6. The lowest BCUT2D eigenvalue weighted by Gasteiger charge is -2.23. The van der Waals surface area contributed by atoms with Gasteiger partial charge in [-0.1, -0.05) is 36.0 Å². The Morgan fingerprint density at radius 1 is 1.12 bits per heavy atom. The van der Waals surface area contributed by atoms with E-state index in [9.17, 15) is 10.1 Å². The van der Waals surface area contributed by atoms with Crippen LogP contribution >= 0.6 is 11.8 Å². The topological polar surface area (TPSA) is 101 Å². The summed E-state index contributed by atoms with van der Waals surface area (Å²) >= 11 is 1.35. The van der Waals surface area contributed by atoms with E-state index in [-0.39, 0.29) is 5.69 Å². The monoisotopic (exact) mass is 371 g/mol. The van der Waals surface area contributed by atoms with Crippen molar-refractivity contribution < 1.29 is 18.8 Å². The Morgan fingerprint density at radius 2 is 1.88 bits per heavy atom. The molecule has 0 bridgehead atoms. The van der Waals surface area contributed by atoms with Crippen molar-refractivity contribution in [3.05, 3.63) is 70.1 Å². The van der Waals surface area contributed by atoms with Gasteiger partial charge in [0.05, 0.1) is 4.92 Å². The lowest BCUT2D eigenvalue weighted by molar-refractivity contribution is -0.384. The second-order valence-corrected chi connectivity index (χ2v) is 6.41. The predicted molar refractivity (Wildman–Crippen MR) is 92.3 cm³/mol. The number of ether oxygens (including phenoxy) is 2. The van der Waals surface area contributed by atoms with Crippen molar-refractivity contribution in [1.82, 2.24) is 10.2 Å². The van der Waals surface area contributed by atoms with Crippen molar-refractivity contribution in [2.45, 2.75) is 17.1 Å². The minimum atomic E-state index is -0.453. The van der Waals surface area contributed by atoms with Gasteiger partial charge in [-0.15, -0.1) is 10.2 Å². The highest BCUT2D eigenvalue weighted by atomic mass is 32.2. The van der Waals surface area contributed by atoms with Crippen molar-refractivity contribution in [2.75, 3.05) is 6.61 Å². The van der Waals surface area contributed by atoms with Gasteiger partial charge in [0, 0.05) is 17.9 Å². The van der Waals surface area contributed by atoms with E-state index < -0.39 is 11.0 Å². The van der Waals surface area contributed by atoms with Crippen LogP contribution in [0, 0.1) is 10.1 Å². The molecule has 0 N–H and O–H groups in total. The fourth-order valence-electron chi connectivity index (χ4n) is 2.41. The zero-order chi connectivity index (χ0) is 17.9. The largest absolute Gasteiger partial charge is 0.485 e. The highest BCUT2D eigenvalue weighted by molar-refractivity contribution is 7.98. The lowest BCUT2D eigenvalue weighted by Crippen LogP contribution is -2.21. The Balaban J connectivity index is 1.38. The van der Waals surface area contributed by atoms with E-state index in [4.69, 9.17) is 13.9 Å². The number of aromatic nitrogens is 2. The molecule has 8 nitrogen and oxygen atoms in total. The lowest BCUT2D eigenvalue weighted by atomic mass is 10.2. The quantitative estimate of drug-likeness (QED) is 0.379. The van der Waals surface area contributed by atoms with E-state index in [1.807, 2.05) is 24.3 Å². The first-order chi connectivity index (χ1) is 12.7. The fourth-order valence-corrected chi connectivity index (χ4v) is 3.13. The molecule has 132 valence electrons. The maximum Gasteiger partial charge on any atom is 0.277 e. The van der Waals surface area contributed by atoms with E-state index in [1.54, 1.807) is 12.1 Å². The van der Waals surface area contributed by atoms with Gasteiger partial charge in [-0.25, -0.2) is 0 Å². The molecule has 3 aromatic rings. The molecule has 0 fully saturated rings. The summed E-state index contributed by atoms with van der Waals surface area (Å²) in [7, 11) is 0. The summed E-state index contributed by atoms with van der Waals surface area (Å²) in [6.45, 7) is 0.297. The summed E-state index contributed by atoms with van der Waals surface area (Å²) in [5, 5.41) is 19.1. The van der Waals surface area contributed by atoms with E-state index in [0.717, 1.165) is 5.56 Å².